The molecule has 0 atom stereocenters. The summed E-state index contributed by atoms with van der Waals surface area (Å²) in [5.41, 5.74) is 0.919. The average Bonchev–Trinajstić information content (AvgIpc) is 2.80. The predicted octanol–water partition coefficient (Wildman–Crippen LogP) is 2.09. The van der Waals surface area contributed by atoms with Crippen molar-refractivity contribution in [2.24, 2.45) is 0 Å². The van der Waals surface area contributed by atoms with Crippen LogP contribution in [-0.4, -0.2) is 20.1 Å². The fourth-order valence-electron chi connectivity index (χ4n) is 1.22. The number of H-pyrrole nitrogens is 1. The van der Waals surface area contributed by atoms with Crippen LogP contribution in [0.4, 0.5) is 11.5 Å². The van der Waals surface area contributed by atoms with Crippen molar-refractivity contribution in [3.05, 3.63) is 44.8 Å². The highest BCUT2D eigenvalue weighted by Gasteiger charge is 2.10. The Balaban J connectivity index is 2.09. The van der Waals surface area contributed by atoms with E-state index in [0.29, 0.717) is 16.8 Å². The smallest absolute Gasteiger partial charge is 0.288 e. The molecule has 0 amide bonds. The summed E-state index contributed by atoms with van der Waals surface area (Å²) >= 11 is 3.23. The van der Waals surface area contributed by atoms with Gasteiger partial charge in [0, 0.05) is 24.4 Å². The third-order valence-electron chi connectivity index (χ3n) is 2.05. The first-order valence-electron chi connectivity index (χ1n) is 4.68. The summed E-state index contributed by atoms with van der Waals surface area (Å²) in [6, 6.07) is 1.41. The van der Waals surface area contributed by atoms with Crippen LogP contribution in [0.25, 0.3) is 0 Å². The molecule has 0 aliphatic carbocycles. The van der Waals surface area contributed by atoms with Crippen LogP contribution in [0, 0.1) is 10.1 Å². The van der Waals surface area contributed by atoms with Gasteiger partial charge in [0.15, 0.2) is 0 Å². The second-order valence-corrected chi connectivity index (χ2v) is 4.10. The van der Waals surface area contributed by atoms with Crippen LogP contribution in [0.3, 0.4) is 0 Å². The summed E-state index contributed by atoms with van der Waals surface area (Å²) in [5, 5.41) is 20.1. The van der Waals surface area contributed by atoms with E-state index in [1.807, 2.05) is 0 Å². The Morgan fingerprint density at radius 3 is 2.94 bits per heavy atom. The molecule has 0 aromatic carbocycles. The molecule has 0 radical (unpaired) electrons. The van der Waals surface area contributed by atoms with Crippen molar-refractivity contribution >= 4 is 27.4 Å². The van der Waals surface area contributed by atoms with Gasteiger partial charge in [-0.15, -0.1) is 0 Å². The van der Waals surface area contributed by atoms with Gasteiger partial charge in [0.05, 0.1) is 15.6 Å². The van der Waals surface area contributed by atoms with Crippen molar-refractivity contribution in [2.45, 2.75) is 6.54 Å². The van der Waals surface area contributed by atoms with Crippen LogP contribution in [-0.2, 0) is 6.54 Å². The summed E-state index contributed by atoms with van der Waals surface area (Å²) in [4.78, 5) is 14.0. The topological polar surface area (TPSA) is 96.7 Å². The first kappa shape index (κ1) is 11.5. The van der Waals surface area contributed by atoms with Crippen LogP contribution < -0.4 is 5.32 Å². The van der Waals surface area contributed by atoms with Crippen LogP contribution in [0.1, 0.15) is 5.56 Å². The fraction of sp³-hybridized carbons (Fsp3) is 0.111. The third-order valence-corrected chi connectivity index (χ3v) is 2.66. The molecule has 0 bridgehead atoms. The number of nitro groups is 1. The molecule has 0 fully saturated rings. The molecular weight excluding hydrogens is 290 g/mol. The standard InChI is InChI=1S/C9H8BrN5O2/c10-8-1-7(15(16)17)5-12-9(8)11-2-6-3-13-14-4-6/h1,3-5H,2H2,(H,11,12)(H,13,14). The molecule has 0 unspecified atom stereocenters. The lowest BCUT2D eigenvalue weighted by Gasteiger charge is -2.05. The highest BCUT2D eigenvalue weighted by Crippen LogP contribution is 2.24. The van der Waals surface area contributed by atoms with Gasteiger partial charge in [0.25, 0.3) is 5.69 Å². The zero-order valence-electron chi connectivity index (χ0n) is 8.55. The maximum atomic E-state index is 10.5. The number of anilines is 1. The van der Waals surface area contributed by atoms with E-state index in [2.05, 4.69) is 36.4 Å². The predicted molar refractivity (Wildman–Crippen MR) is 64.5 cm³/mol. The molecule has 2 rings (SSSR count). The molecule has 2 heterocycles. The van der Waals surface area contributed by atoms with Crippen LogP contribution >= 0.6 is 15.9 Å². The molecule has 2 aromatic rings. The van der Waals surface area contributed by atoms with E-state index < -0.39 is 4.92 Å². The molecule has 7 nitrogen and oxygen atoms in total. The summed E-state index contributed by atoms with van der Waals surface area (Å²) in [6.07, 6.45) is 4.65. The van der Waals surface area contributed by atoms with Crippen molar-refractivity contribution in [1.82, 2.24) is 15.2 Å². The number of halogens is 1. The van der Waals surface area contributed by atoms with Gasteiger partial charge in [-0.05, 0) is 15.9 Å². The monoisotopic (exact) mass is 297 g/mol. The molecule has 0 aliphatic rings. The Labute approximate surface area is 105 Å². The number of rotatable bonds is 4. The third kappa shape index (κ3) is 2.78. The number of hydrogen-bond acceptors (Lipinski definition) is 5. The molecule has 17 heavy (non-hydrogen) atoms. The highest BCUT2D eigenvalue weighted by molar-refractivity contribution is 9.10. The molecule has 0 aliphatic heterocycles. The van der Waals surface area contributed by atoms with Gasteiger partial charge in [-0.25, -0.2) is 4.98 Å². The van der Waals surface area contributed by atoms with Crippen LogP contribution in [0.15, 0.2) is 29.1 Å². The van der Waals surface area contributed by atoms with E-state index in [4.69, 9.17) is 0 Å². The Hall–Kier alpha value is -1.96. The van der Waals surface area contributed by atoms with Crippen molar-refractivity contribution < 1.29 is 4.92 Å². The van der Waals surface area contributed by atoms with Crippen LogP contribution in [0.2, 0.25) is 0 Å². The number of aromatic nitrogens is 3. The highest BCUT2D eigenvalue weighted by atomic mass is 79.9. The minimum Gasteiger partial charge on any atom is -0.365 e. The summed E-state index contributed by atoms with van der Waals surface area (Å²) in [6.45, 7) is 0.542. The largest absolute Gasteiger partial charge is 0.365 e. The average molecular weight is 298 g/mol. The Morgan fingerprint density at radius 2 is 2.35 bits per heavy atom. The number of nitrogens with one attached hydrogen (secondary N) is 2. The van der Waals surface area contributed by atoms with E-state index in [1.165, 1.54) is 12.3 Å². The molecule has 2 N–H and O–H groups in total. The molecule has 0 saturated carbocycles. The Bertz CT molecular complexity index is 528. The maximum Gasteiger partial charge on any atom is 0.288 e. The minimum absolute atomic E-state index is 0.0502. The van der Waals surface area contributed by atoms with E-state index >= 15 is 0 Å². The fourth-order valence-corrected chi connectivity index (χ4v) is 1.69. The zero-order valence-corrected chi connectivity index (χ0v) is 10.1. The lowest BCUT2D eigenvalue weighted by Crippen LogP contribution is -2.02. The van der Waals surface area contributed by atoms with Crippen molar-refractivity contribution in [3.8, 4) is 0 Å². The molecule has 0 saturated heterocycles. The Kier molecular flexibility index (Phi) is 3.33. The second kappa shape index (κ2) is 4.91. The van der Waals surface area contributed by atoms with Crippen molar-refractivity contribution in [3.63, 3.8) is 0 Å². The summed E-state index contributed by atoms with van der Waals surface area (Å²) in [5.74, 6) is 0.553. The van der Waals surface area contributed by atoms with Gasteiger partial charge in [-0.2, -0.15) is 5.10 Å². The lowest BCUT2D eigenvalue weighted by atomic mass is 10.3. The Morgan fingerprint density at radius 1 is 1.53 bits per heavy atom. The van der Waals surface area contributed by atoms with E-state index in [1.54, 1.807) is 12.4 Å². The number of aromatic amines is 1. The van der Waals surface area contributed by atoms with Gasteiger partial charge in [-0.3, -0.25) is 15.2 Å². The number of pyridine rings is 1. The first-order valence-corrected chi connectivity index (χ1v) is 5.47. The molecular formula is C9H8BrN5O2. The molecule has 2 aromatic heterocycles. The SMILES string of the molecule is O=[N+]([O-])c1cnc(NCc2cn[nH]c2)c(Br)c1. The maximum absolute atomic E-state index is 10.5. The summed E-state index contributed by atoms with van der Waals surface area (Å²) < 4.78 is 0.551. The van der Waals surface area contributed by atoms with Gasteiger partial charge in [0.1, 0.15) is 12.0 Å². The molecule has 88 valence electrons. The quantitative estimate of drug-likeness (QED) is 0.665. The number of hydrogen-bond donors (Lipinski definition) is 2. The second-order valence-electron chi connectivity index (χ2n) is 3.24. The molecule has 8 heteroatoms. The normalized spacial score (nSPS) is 10.2. The van der Waals surface area contributed by atoms with Crippen molar-refractivity contribution in [1.29, 1.82) is 0 Å². The first-order chi connectivity index (χ1) is 8.16. The van der Waals surface area contributed by atoms with E-state index in [-0.39, 0.29) is 5.69 Å². The van der Waals surface area contributed by atoms with Crippen LogP contribution in [0.5, 0.6) is 0 Å². The lowest BCUT2D eigenvalue weighted by molar-refractivity contribution is -0.385. The van der Waals surface area contributed by atoms with Crippen molar-refractivity contribution in [2.75, 3.05) is 5.32 Å². The van der Waals surface area contributed by atoms with Gasteiger partial charge in [0.2, 0.25) is 0 Å². The zero-order chi connectivity index (χ0) is 12.3. The minimum atomic E-state index is -0.488. The van der Waals surface area contributed by atoms with E-state index in [0.717, 1.165) is 5.56 Å². The van der Waals surface area contributed by atoms with Gasteiger partial charge < -0.3 is 5.32 Å². The van der Waals surface area contributed by atoms with Gasteiger partial charge >= 0.3 is 0 Å². The summed E-state index contributed by atoms with van der Waals surface area (Å²) in [7, 11) is 0. The van der Waals surface area contributed by atoms with E-state index in [9.17, 15) is 10.1 Å². The number of nitrogens with zero attached hydrogens (tertiary/aromatic N) is 3. The van der Waals surface area contributed by atoms with Gasteiger partial charge in [-0.1, -0.05) is 0 Å². The molecule has 0 spiro atoms.